The molecule has 0 aliphatic heterocycles. The van der Waals surface area contributed by atoms with Gasteiger partial charge >= 0.3 is 0 Å². The van der Waals surface area contributed by atoms with E-state index in [0.29, 0.717) is 16.8 Å². The fraction of sp³-hybridized carbons (Fsp3) is 0.211. The molecule has 2 aromatic rings. The number of Topliss-reactive ketones (excluding diaryl/α,β-unsaturated/α-hetero) is 1. The van der Waals surface area contributed by atoms with Crippen LogP contribution in [0.3, 0.4) is 0 Å². The lowest BCUT2D eigenvalue weighted by Gasteiger charge is -2.27. The van der Waals surface area contributed by atoms with E-state index in [1.54, 1.807) is 42.5 Å². The summed E-state index contributed by atoms with van der Waals surface area (Å²) < 4.78 is -1.86. The van der Waals surface area contributed by atoms with Gasteiger partial charge in [-0.1, -0.05) is 52.5 Å². The third-order valence-corrected chi connectivity index (χ3v) is 4.58. The summed E-state index contributed by atoms with van der Waals surface area (Å²) >= 11 is 23.2. The summed E-state index contributed by atoms with van der Waals surface area (Å²) in [5, 5.41) is 8.46. The van der Waals surface area contributed by atoms with Crippen LogP contribution in [0.2, 0.25) is 0 Å². The monoisotopic (exact) mass is 457 g/mol. The van der Waals surface area contributed by atoms with Crippen molar-refractivity contribution in [2.24, 2.45) is 0 Å². The maximum Gasteiger partial charge on any atom is 0.252 e. The number of amides is 1. The predicted octanol–water partition coefficient (Wildman–Crippen LogP) is 4.61. The third kappa shape index (κ3) is 6.63. The van der Waals surface area contributed by atoms with Gasteiger partial charge < -0.3 is 16.0 Å². The summed E-state index contributed by atoms with van der Waals surface area (Å²) in [5.41, 5.74) is 2.57. The molecular weight excluding hydrogens is 441 g/mol. The Morgan fingerprint density at radius 2 is 1.64 bits per heavy atom. The second-order valence-corrected chi connectivity index (χ2v) is 8.83. The largest absolute Gasteiger partial charge is 0.339 e. The van der Waals surface area contributed by atoms with Gasteiger partial charge in [0.25, 0.3) is 5.91 Å². The second kappa shape index (κ2) is 9.56. The smallest absolute Gasteiger partial charge is 0.252 e. The van der Waals surface area contributed by atoms with E-state index in [9.17, 15) is 9.59 Å². The molecule has 0 saturated heterocycles. The molecule has 0 radical (unpaired) electrons. The molecule has 2 rings (SSSR count). The average molecular weight is 459 g/mol. The minimum Gasteiger partial charge on any atom is -0.339 e. The number of nitrogens with one attached hydrogen (secondary N) is 3. The van der Waals surface area contributed by atoms with Gasteiger partial charge in [-0.3, -0.25) is 9.59 Å². The Balaban J connectivity index is 2.06. The fourth-order valence-electron chi connectivity index (χ4n) is 2.29. The van der Waals surface area contributed by atoms with Gasteiger partial charge in [-0.05, 0) is 62.5 Å². The molecule has 1 amide bonds. The van der Waals surface area contributed by atoms with Crippen LogP contribution in [0.15, 0.2) is 48.5 Å². The van der Waals surface area contributed by atoms with Crippen LogP contribution in [0.5, 0.6) is 0 Å². The van der Waals surface area contributed by atoms with E-state index in [1.807, 2.05) is 13.0 Å². The Morgan fingerprint density at radius 3 is 2.18 bits per heavy atom. The molecule has 3 N–H and O–H groups in total. The van der Waals surface area contributed by atoms with E-state index in [1.165, 1.54) is 6.92 Å². The van der Waals surface area contributed by atoms with Crippen LogP contribution >= 0.6 is 47.0 Å². The maximum atomic E-state index is 12.5. The number of rotatable bonds is 5. The summed E-state index contributed by atoms with van der Waals surface area (Å²) in [6.45, 7) is 3.36. The second-order valence-electron chi connectivity index (χ2n) is 6.05. The number of hydrogen-bond donors (Lipinski definition) is 3. The fourth-order valence-corrected chi connectivity index (χ4v) is 2.85. The number of hydrogen-bond acceptors (Lipinski definition) is 3. The number of ketones is 1. The van der Waals surface area contributed by atoms with Gasteiger partial charge in [0.1, 0.15) is 6.17 Å². The Labute approximate surface area is 183 Å². The van der Waals surface area contributed by atoms with Crippen molar-refractivity contribution in [3.8, 4) is 0 Å². The topological polar surface area (TPSA) is 70.2 Å². The Bertz CT molecular complexity index is 883. The highest BCUT2D eigenvalue weighted by atomic mass is 35.6. The van der Waals surface area contributed by atoms with Crippen LogP contribution < -0.4 is 16.0 Å². The van der Waals surface area contributed by atoms with E-state index < -0.39 is 15.9 Å². The number of aryl methyl sites for hydroxylation is 1. The summed E-state index contributed by atoms with van der Waals surface area (Å²) in [5.74, 6) is -0.455. The summed E-state index contributed by atoms with van der Waals surface area (Å²) in [4.78, 5) is 23.8. The Hall–Kier alpha value is -1.86. The highest BCUT2D eigenvalue weighted by molar-refractivity contribution is 7.80. The third-order valence-electron chi connectivity index (χ3n) is 3.71. The van der Waals surface area contributed by atoms with E-state index in [-0.39, 0.29) is 10.9 Å². The van der Waals surface area contributed by atoms with Crippen molar-refractivity contribution in [1.29, 1.82) is 0 Å². The van der Waals surface area contributed by atoms with Gasteiger partial charge in [0.2, 0.25) is 3.79 Å². The van der Waals surface area contributed by atoms with Crippen LogP contribution in [-0.4, -0.2) is 26.8 Å². The minimum absolute atomic E-state index is 0.0395. The maximum absolute atomic E-state index is 12.5. The standard InChI is InChI=1S/C19H18Cl3N3O2S/c1-11-4-3-5-14(10-11)16(27)24-17(19(20,21)22)25-18(28)23-15-8-6-13(7-9-15)12(2)26/h3-10,17H,1-2H3,(H,24,27)(H2,23,25,28)/t17-/m0/s1. The summed E-state index contributed by atoms with van der Waals surface area (Å²) in [6.07, 6.45) is -1.08. The molecule has 9 heteroatoms. The highest BCUT2D eigenvalue weighted by Crippen LogP contribution is 2.29. The first kappa shape index (κ1) is 22.4. The number of anilines is 1. The van der Waals surface area contributed by atoms with Crippen molar-refractivity contribution in [3.63, 3.8) is 0 Å². The number of thiocarbonyl (C=S) groups is 1. The molecule has 0 aliphatic carbocycles. The first-order chi connectivity index (χ1) is 13.1. The van der Waals surface area contributed by atoms with Crippen LogP contribution in [-0.2, 0) is 0 Å². The van der Waals surface area contributed by atoms with Crippen LogP contribution in [0.4, 0.5) is 5.69 Å². The molecule has 148 valence electrons. The van der Waals surface area contributed by atoms with E-state index in [2.05, 4.69) is 16.0 Å². The molecular formula is C19H18Cl3N3O2S. The lowest BCUT2D eigenvalue weighted by molar-refractivity contribution is 0.0933. The molecule has 0 bridgehead atoms. The SMILES string of the molecule is CC(=O)c1ccc(NC(=S)N[C@H](NC(=O)c2cccc(C)c2)C(Cl)(Cl)Cl)cc1. The number of halogens is 3. The van der Waals surface area contributed by atoms with Crippen LogP contribution in [0.25, 0.3) is 0 Å². The van der Waals surface area contributed by atoms with Gasteiger partial charge in [-0.15, -0.1) is 0 Å². The number of benzene rings is 2. The molecule has 0 heterocycles. The van der Waals surface area contributed by atoms with Gasteiger partial charge in [-0.25, -0.2) is 0 Å². The lowest BCUT2D eigenvalue weighted by atomic mass is 10.1. The van der Waals surface area contributed by atoms with Gasteiger partial charge in [-0.2, -0.15) is 0 Å². The van der Waals surface area contributed by atoms with Crippen molar-refractivity contribution in [3.05, 3.63) is 65.2 Å². The van der Waals surface area contributed by atoms with Crippen molar-refractivity contribution in [2.75, 3.05) is 5.32 Å². The number of carbonyl (C=O) groups excluding carboxylic acids is 2. The molecule has 2 aromatic carbocycles. The van der Waals surface area contributed by atoms with Crippen LogP contribution in [0.1, 0.15) is 33.2 Å². The molecule has 0 fully saturated rings. The molecule has 0 spiro atoms. The quantitative estimate of drug-likeness (QED) is 0.264. The molecule has 0 aromatic heterocycles. The summed E-state index contributed by atoms with van der Waals surface area (Å²) in [6, 6.07) is 13.7. The van der Waals surface area contributed by atoms with Crippen molar-refractivity contribution >= 4 is 69.5 Å². The van der Waals surface area contributed by atoms with Crippen LogP contribution in [0, 0.1) is 6.92 Å². The molecule has 28 heavy (non-hydrogen) atoms. The van der Waals surface area contributed by atoms with Gasteiger partial charge in [0, 0.05) is 16.8 Å². The zero-order valence-electron chi connectivity index (χ0n) is 15.1. The van der Waals surface area contributed by atoms with Gasteiger partial charge in [0.05, 0.1) is 0 Å². The molecule has 5 nitrogen and oxygen atoms in total. The lowest BCUT2D eigenvalue weighted by Crippen LogP contribution is -2.56. The highest BCUT2D eigenvalue weighted by Gasteiger charge is 2.34. The van der Waals surface area contributed by atoms with E-state index >= 15 is 0 Å². The van der Waals surface area contributed by atoms with Crippen molar-refractivity contribution < 1.29 is 9.59 Å². The predicted molar refractivity (Wildman–Crippen MR) is 119 cm³/mol. The van der Waals surface area contributed by atoms with Gasteiger partial charge in [0.15, 0.2) is 10.9 Å². The normalized spacial score (nSPS) is 12.0. The van der Waals surface area contributed by atoms with Crippen molar-refractivity contribution in [2.45, 2.75) is 23.8 Å². The Morgan fingerprint density at radius 1 is 1.00 bits per heavy atom. The summed E-state index contributed by atoms with van der Waals surface area (Å²) in [7, 11) is 0. The van der Waals surface area contributed by atoms with E-state index in [4.69, 9.17) is 47.0 Å². The average Bonchev–Trinajstić information content (AvgIpc) is 2.60. The zero-order valence-corrected chi connectivity index (χ0v) is 18.1. The van der Waals surface area contributed by atoms with E-state index in [0.717, 1.165) is 5.56 Å². The number of alkyl halides is 3. The molecule has 0 aliphatic rings. The first-order valence-electron chi connectivity index (χ1n) is 8.19. The van der Waals surface area contributed by atoms with Crippen molar-refractivity contribution in [1.82, 2.24) is 10.6 Å². The molecule has 0 unspecified atom stereocenters. The zero-order chi connectivity index (χ0) is 20.9. The molecule has 1 atom stereocenters. The molecule has 0 saturated carbocycles. The Kier molecular flexibility index (Phi) is 7.66. The minimum atomic E-state index is -1.86. The number of carbonyl (C=O) groups is 2. The first-order valence-corrected chi connectivity index (χ1v) is 9.73.